The summed E-state index contributed by atoms with van der Waals surface area (Å²) >= 11 is 0. The molecule has 0 amide bonds. The summed E-state index contributed by atoms with van der Waals surface area (Å²) in [5, 5.41) is 2.60. The predicted octanol–water partition coefficient (Wildman–Crippen LogP) is -0.439. The first-order valence-electron chi connectivity index (χ1n) is 6.62. The van der Waals surface area contributed by atoms with Crippen molar-refractivity contribution in [1.29, 1.82) is 0 Å². The summed E-state index contributed by atoms with van der Waals surface area (Å²) in [7, 11) is 0. The van der Waals surface area contributed by atoms with Crippen molar-refractivity contribution in [2.75, 3.05) is 26.2 Å². The normalized spacial score (nSPS) is 31.3. The van der Waals surface area contributed by atoms with E-state index in [-0.39, 0.29) is 0 Å². The molecule has 0 unspecified atom stereocenters. The molecule has 1 atom stereocenters. The van der Waals surface area contributed by atoms with Crippen molar-refractivity contribution >= 4 is 0 Å². The fraction of sp³-hybridized carbons (Fsp3) is 1.00. The van der Waals surface area contributed by atoms with Crippen LogP contribution in [0.15, 0.2) is 0 Å². The molecule has 0 radical (unpaired) electrons. The topological polar surface area (TPSA) is 21.1 Å². The van der Waals surface area contributed by atoms with Gasteiger partial charge in [-0.25, -0.2) is 0 Å². The number of hydrogen-bond acceptors (Lipinski definition) is 0. The third kappa shape index (κ3) is 3.25. The van der Waals surface area contributed by atoms with Crippen molar-refractivity contribution in [2.24, 2.45) is 0 Å². The average molecular weight is 198 g/mol. The van der Waals surface area contributed by atoms with E-state index in [1.807, 2.05) is 4.90 Å². The van der Waals surface area contributed by atoms with Crippen LogP contribution in [0.1, 0.15) is 44.9 Å². The van der Waals surface area contributed by atoms with E-state index < -0.39 is 0 Å². The highest BCUT2D eigenvalue weighted by molar-refractivity contribution is 4.58. The number of hydrogen-bond donors (Lipinski definition) is 2. The maximum atomic E-state index is 2.60. The zero-order valence-corrected chi connectivity index (χ0v) is 9.43. The van der Waals surface area contributed by atoms with Gasteiger partial charge in [-0.3, -0.25) is 0 Å². The molecule has 82 valence electrons. The number of nitrogens with one attached hydrogen (secondary N) is 1. The van der Waals surface area contributed by atoms with Crippen molar-refractivity contribution in [1.82, 2.24) is 0 Å². The van der Waals surface area contributed by atoms with Crippen LogP contribution in [0.25, 0.3) is 0 Å². The molecule has 0 aromatic rings. The molecule has 0 spiro atoms. The van der Waals surface area contributed by atoms with E-state index in [1.54, 1.807) is 0 Å². The first-order chi connectivity index (χ1) is 6.95. The highest BCUT2D eigenvalue weighted by Gasteiger charge is 2.22. The Hall–Kier alpha value is -0.0800. The van der Waals surface area contributed by atoms with Gasteiger partial charge < -0.3 is 10.2 Å². The monoisotopic (exact) mass is 198 g/mol. The standard InChI is InChI=1S/C12H24N2/c1-2-6-10-14(9-5-1)11-12-7-3-4-8-13-12/h12-13H,1-11H2/p+2/t12-/m1/s1. The molecule has 0 aliphatic carbocycles. The fourth-order valence-corrected chi connectivity index (χ4v) is 3.01. The van der Waals surface area contributed by atoms with Crippen LogP contribution >= 0.6 is 0 Å². The van der Waals surface area contributed by atoms with Crippen molar-refractivity contribution in [3.63, 3.8) is 0 Å². The summed E-state index contributed by atoms with van der Waals surface area (Å²) in [4.78, 5) is 1.89. The summed E-state index contributed by atoms with van der Waals surface area (Å²) < 4.78 is 0. The third-order valence-corrected chi connectivity index (χ3v) is 3.89. The van der Waals surface area contributed by atoms with Gasteiger partial charge in [0, 0.05) is 6.42 Å². The number of nitrogens with two attached hydrogens (primary N) is 1. The van der Waals surface area contributed by atoms with Crippen molar-refractivity contribution in [2.45, 2.75) is 51.0 Å². The molecule has 2 rings (SSSR count). The van der Waals surface area contributed by atoms with Crippen LogP contribution < -0.4 is 10.2 Å². The van der Waals surface area contributed by atoms with Gasteiger partial charge in [-0.2, -0.15) is 0 Å². The van der Waals surface area contributed by atoms with E-state index in [9.17, 15) is 0 Å². The van der Waals surface area contributed by atoms with Gasteiger partial charge in [0.15, 0.2) is 0 Å². The van der Waals surface area contributed by atoms with E-state index in [4.69, 9.17) is 0 Å². The number of quaternary nitrogens is 2. The summed E-state index contributed by atoms with van der Waals surface area (Å²) in [5.74, 6) is 0. The lowest BCUT2D eigenvalue weighted by molar-refractivity contribution is -0.919. The second-order valence-corrected chi connectivity index (χ2v) is 5.15. The molecule has 2 saturated heterocycles. The minimum Gasteiger partial charge on any atom is -0.339 e. The van der Waals surface area contributed by atoms with Crippen LogP contribution in [0.2, 0.25) is 0 Å². The molecule has 0 saturated carbocycles. The molecule has 2 aliphatic rings. The predicted molar refractivity (Wildman–Crippen MR) is 58.5 cm³/mol. The van der Waals surface area contributed by atoms with Crippen LogP contribution in [0.5, 0.6) is 0 Å². The highest BCUT2D eigenvalue weighted by atomic mass is 15.1. The summed E-state index contributed by atoms with van der Waals surface area (Å²) in [6, 6.07) is 0.955. The minimum atomic E-state index is 0.955. The maximum absolute atomic E-state index is 2.60. The van der Waals surface area contributed by atoms with Crippen LogP contribution in [0.4, 0.5) is 0 Å². The Labute approximate surface area is 88.1 Å². The first-order valence-corrected chi connectivity index (χ1v) is 6.62. The van der Waals surface area contributed by atoms with Crippen molar-refractivity contribution in [3.05, 3.63) is 0 Å². The Morgan fingerprint density at radius 1 is 0.929 bits per heavy atom. The zero-order valence-electron chi connectivity index (χ0n) is 9.43. The van der Waals surface area contributed by atoms with Crippen molar-refractivity contribution < 1.29 is 10.2 Å². The molecular weight excluding hydrogens is 172 g/mol. The fourth-order valence-electron chi connectivity index (χ4n) is 3.01. The Morgan fingerprint density at radius 2 is 1.71 bits per heavy atom. The van der Waals surface area contributed by atoms with Gasteiger partial charge in [0.1, 0.15) is 12.6 Å². The molecule has 2 fully saturated rings. The van der Waals surface area contributed by atoms with Gasteiger partial charge >= 0.3 is 0 Å². The van der Waals surface area contributed by atoms with E-state index in [2.05, 4.69) is 5.32 Å². The van der Waals surface area contributed by atoms with Gasteiger partial charge in [-0.15, -0.1) is 0 Å². The Kier molecular flexibility index (Phi) is 4.26. The first kappa shape index (κ1) is 10.4. The molecule has 2 heteroatoms. The smallest absolute Gasteiger partial charge is 0.135 e. The van der Waals surface area contributed by atoms with Crippen LogP contribution in [-0.2, 0) is 0 Å². The van der Waals surface area contributed by atoms with Crippen molar-refractivity contribution in [3.8, 4) is 0 Å². The zero-order chi connectivity index (χ0) is 9.64. The van der Waals surface area contributed by atoms with Gasteiger partial charge in [0.05, 0.1) is 19.6 Å². The number of piperidine rings is 1. The number of rotatable bonds is 2. The van der Waals surface area contributed by atoms with Gasteiger partial charge in [-0.05, 0) is 38.5 Å². The summed E-state index contributed by atoms with van der Waals surface area (Å²) in [6.45, 7) is 5.73. The van der Waals surface area contributed by atoms with E-state index in [0.29, 0.717) is 0 Å². The third-order valence-electron chi connectivity index (χ3n) is 3.89. The second-order valence-electron chi connectivity index (χ2n) is 5.15. The quantitative estimate of drug-likeness (QED) is 0.600. The summed E-state index contributed by atoms with van der Waals surface area (Å²) in [6.07, 6.45) is 10.3. The molecule has 14 heavy (non-hydrogen) atoms. The van der Waals surface area contributed by atoms with Gasteiger partial charge in [-0.1, -0.05) is 0 Å². The average Bonchev–Trinajstić information content (AvgIpc) is 2.48. The van der Waals surface area contributed by atoms with E-state index in [0.717, 1.165) is 6.04 Å². The molecule has 2 aliphatic heterocycles. The van der Waals surface area contributed by atoms with Crippen LogP contribution in [0, 0.1) is 0 Å². The molecule has 0 aromatic heterocycles. The molecule has 2 heterocycles. The van der Waals surface area contributed by atoms with Crippen LogP contribution in [-0.4, -0.2) is 32.2 Å². The highest BCUT2D eigenvalue weighted by Crippen LogP contribution is 2.01. The van der Waals surface area contributed by atoms with E-state index >= 15 is 0 Å². The lowest BCUT2D eigenvalue weighted by atomic mass is 10.0. The molecule has 0 aromatic carbocycles. The maximum Gasteiger partial charge on any atom is 0.135 e. The lowest BCUT2D eigenvalue weighted by Gasteiger charge is -2.24. The lowest BCUT2D eigenvalue weighted by Crippen LogP contribution is -3.16. The van der Waals surface area contributed by atoms with Gasteiger partial charge in [0.25, 0.3) is 0 Å². The van der Waals surface area contributed by atoms with Crippen LogP contribution in [0.3, 0.4) is 0 Å². The molecule has 2 nitrogen and oxygen atoms in total. The van der Waals surface area contributed by atoms with E-state index in [1.165, 1.54) is 71.1 Å². The SMILES string of the molecule is C1CCC[NH+](C[C@H]2CCCC[NH2+]2)CC1. The molecular formula is C12H26N2+2. The molecule has 0 bridgehead atoms. The van der Waals surface area contributed by atoms with Gasteiger partial charge in [0.2, 0.25) is 0 Å². The Morgan fingerprint density at radius 3 is 2.36 bits per heavy atom. The minimum absolute atomic E-state index is 0.955. The second kappa shape index (κ2) is 5.72. The largest absolute Gasteiger partial charge is 0.339 e. The number of likely N-dealkylation sites (tertiary alicyclic amines) is 1. The Balaban J connectivity index is 1.71. The Bertz CT molecular complexity index is 144. The summed E-state index contributed by atoms with van der Waals surface area (Å²) in [5.41, 5.74) is 0. The molecule has 3 N–H and O–H groups in total.